The highest BCUT2D eigenvalue weighted by molar-refractivity contribution is 7.10. The smallest absolute Gasteiger partial charge is 0.252 e. The highest BCUT2D eigenvalue weighted by atomic mass is 32.1. The van der Waals surface area contributed by atoms with Gasteiger partial charge in [-0.05, 0) is 53.4 Å². The molecule has 1 heterocycles. The van der Waals surface area contributed by atoms with Crippen molar-refractivity contribution in [3.63, 3.8) is 0 Å². The molecule has 1 amide bonds. The molecule has 0 bridgehead atoms. The van der Waals surface area contributed by atoms with Crippen LogP contribution in [0.2, 0.25) is 0 Å². The Kier molecular flexibility index (Phi) is 4.48. The topological polar surface area (TPSA) is 29.1 Å². The first-order chi connectivity index (χ1) is 11.1. The monoisotopic (exact) mass is 329 g/mol. The summed E-state index contributed by atoms with van der Waals surface area (Å²) in [5.41, 5.74) is 1.15. The van der Waals surface area contributed by atoms with Gasteiger partial charge in [0.2, 0.25) is 0 Å². The number of carbonyl (C=O) groups excluding carboxylic acids is 1. The van der Waals surface area contributed by atoms with E-state index in [0.29, 0.717) is 5.56 Å². The van der Waals surface area contributed by atoms with Crippen LogP contribution in [-0.2, 0) is 0 Å². The van der Waals surface area contributed by atoms with Gasteiger partial charge in [0.15, 0.2) is 0 Å². The molecule has 116 valence electrons. The van der Waals surface area contributed by atoms with E-state index in [1.165, 1.54) is 47.7 Å². The van der Waals surface area contributed by atoms with Gasteiger partial charge in [-0.25, -0.2) is 8.78 Å². The molecule has 0 saturated heterocycles. The molecule has 23 heavy (non-hydrogen) atoms. The highest BCUT2D eigenvalue weighted by Gasteiger charge is 2.18. The minimum atomic E-state index is -0.394. The van der Waals surface area contributed by atoms with Crippen LogP contribution < -0.4 is 5.32 Å². The van der Waals surface area contributed by atoms with Crippen molar-refractivity contribution in [1.82, 2.24) is 5.32 Å². The number of hydrogen-bond acceptors (Lipinski definition) is 2. The van der Waals surface area contributed by atoms with Crippen molar-refractivity contribution in [1.29, 1.82) is 0 Å². The van der Waals surface area contributed by atoms with Crippen molar-refractivity contribution in [3.8, 4) is 0 Å². The van der Waals surface area contributed by atoms with E-state index in [9.17, 15) is 13.6 Å². The second kappa shape index (κ2) is 6.71. The second-order valence-electron chi connectivity index (χ2n) is 4.98. The lowest BCUT2D eigenvalue weighted by Crippen LogP contribution is -2.28. The minimum Gasteiger partial charge on any atom is -0.340 e. The number of benzene rings is 2. The number of amides is 1. The standard InChI is InChI=1S/C18H13F2NOS/c19-14-7-3-12(4-8-14)17(16-2-1-11-23-16)21-18(22)13-5-9-15(20)10-6-13/h1-11,17H,(H,21,22)/t17-/m1/s1. The fourth-order valence-electron chi connectivity index (χ4n) is 2.25. The zero-order chi connectivity index (χ0) is 16.2. The van der Waals surface area contributed by atoms with Crippen molar-refractivity contribution < 1.29 is 13.6 Å². The van der Waals surface area contributed by atoms with Crippen LogP contribution >= 0.6 is 11.3 Å². The first-order valence-corrected chi connectivity index (χ1v) is 7.87. The molecule has 0 aliphatic rings. The Hall–Kier alpha value is -2.53. The second-order valence-corrected chi connectivity index (χ2v) is 5.96. The molecule has 2 aromatic carbocycles. The van der Waals surface area contributed by atoms with Gasteiger partial charge < -0.3 is 5.32 Å². The van der Waals surface area contributed by atoms with Gasteiger partial charge in [0.25, 0.3) is 5.91 Å². The third-order valence-corrected chi connectivity index (χ3v) is 4.35. The van der Waals surface area contributed by atoms with Crippen LogP contribution in [0.15, 0.2) is 66.0 Å². The Morgan fingerprint density at radius 3 is 2.09 bits per heavy atom. The molecule has 3 rings (SSSR count). The first kappa shape index (κ1) is 15.4. The molecule has 0 aliphatic carbocycles. The van der Waals surface area contributed by atoms with Gasteiger partial charge >= 0.3 is 0 Å². The molecule has 0 aliphatic heterocycles. The van der Waals surface area contributed by atoms with Crippen LogP contribution in [0.1, 0.15) is 26.8 Å². The van der Waals surface area contributed by atoms with Gasteiger partial charge in [0.1, 0.15) is 11.6 Å². The fourth-order valence-corrected chi connectivity index (χ4v) is 3.05. The summed E-state index contributed by atoms with van der Waals surface area (Å²) in [5, 5.41) is 4.83. The van der Waals surface area contributed by atoms with Crippen molar-refractivity contribution in [2.45, 2.75) is 6.04 Å². The summed E-state index contributed by atoms with van der Waals surface area (Å²) in [6, 6.07) is 14.8. The molecule has 5 heteroatoms. The van der Waals surface area contributed by atoms with Crippen molar-refractivity contribution in [3.05, 3.63) is 93.7 Å². The average molecular weight is 329 g/mol. The van der Waals surface area contributed by atoms with Crippen LogP contribution in [0.25, 0.3) is 0 Å². The highest BCUT2D eigenvalue weighted by Crippen LogP contribution is 2.26. The number of carbonyl (C=O) groups is 1. The molecule has 1 aromatic heterocycles. The molecule has 0 unspecified atom stereocenters. The lowest BCUT2D eigenvalue weighted by Gasteiger charge is -2.18. The number of nitrogens with one attached hydrogen (secondary N) is 1. The maximum Gasteiger partial charge on any atom is 0.252 e. The molecule has 0 radical (unpaired) electrons. The zero-order valence-corrected chi connectivity index (χ0v) is 12.8. The van der Waals surface area contributed by atoms with Crippen molar-refractivity contribution in [2.24, 2.45) is 0 Å². The van der Waals surface area contributed by atoms with E-state index >= 15 is 0 Å². The lowest BCUT2D eigenvalue weighted by molar-refractivity contribution is 0.0943. The largest absolute Gasteiger partial charge is 0.340 e. The van der Waals surface area contributed by atoms with Crippen LogP contribution in [0.5, 0.6) is 0 Å². The summed E-state index contributed by atoms with van der Waals surface area (Å²) >= 11 is 1.50. The Balaban J connectivity index is 1.88. The summed E-state index contributed by atoms with van der Waals surface area (Å²) in [7, 11) is 0. The zero-order valence-electron chi connectivity index (χ0n) is 12.0. The lowest BCUT2D eigenvalue weighted by atomic mass is 10.0. The van der Waals surface area contributed by atoms with Crippen LogP contribution in [0.3, 0.4) is 0 Å². The maximum atomic E-state index is 13.1. The summed E-state index contributed by atoms with van der Waals surface area (Å²) in [6.45, 7) is 0. The van der Waals surface area contributed by atoms with Crippen LogP contribution in [0.4, 0.5) is 8.78 Å². The number of thiophene rings is 1. The quantitative estimate of drug-likeness (QED) is 0.748. The molecule has 1 atom stereocenters. The molecular formula is C18H13F2NOS. The molecule has 0 saturated carbocycles. The third-order valence-electron chi connectivity index (χ3n) is 3.41. The molecule has 0 spiro atoms. The van der Waals surface area contributed by atoms with E-state index in [2.05, 4.69) is 5.32 Å². The van der Waals surface area contributed by atoms with Gasteiger partial charge in [-0.3, -0.25) is 4.79 Å². The number of halogens is 2. The maximum absolute atomic E-state index is 13.1. The molecule has 0 fully saturated rings. The summed E-state index contributed by atoms with van der Waals surface area (Å²) < 4.78 is 26.1. The predicted octanol–water partition coefficient (Wildman–Crippen LogP) is 4.55. The Bertz CT molecular complexity index is 783. The van der Waals surface area contributed by atoms with Crippen molar-refractivity contribution in [2.75, 3.05) is 0 Å². The summed E-state index contributed by atoms with van der Waals surface area (Å²) in [4.78, 5) is 13.3. The summed E-state index contributed by atoms with van der Waals surface area (Å²) in [6.07, 6.45) is 0. The van der Waals surface area contributed by atoms with Crippen LogP contribution in [0, 0.1) is 11.6 Å². The van der Waals surface area contributed by atoms with Gasteiger partial charge in [0, 0.05) is 10.4 Å². The van der Waals surface area contributed by atoms with E-state index < -0.39 is 5.82 Å². The van der Waals surface area contributed by atoms with E-state index in [0.717, 1.165) is 10.4 Å². The number of rotatable bonds is 4. The van der Waals surface area contributed by atoms with Crippen molar-refractivity contribution >= 4 is 17.2 Å². The molecular weight excluding hydrogens is 316 g/mol. The van der Waals surface area contributed by atoms with E-state index in [4.69, 9.17) is 0 Å². The minimum absolute atomic E-state index is 0.312. The number of hydrogen-bond donors (Lipinski definition) is 1. The van der Waals surface area contributed by atoms with Gasteiger partial charge in [0.05, 0.1) is 6.04 Å². The van der Waals surface area contributed by atoms with E-state index in [1.807, 2.05) is 17.5 Å². The van der Waals surface area contributed by atoms with Gasteiger partial charge in [-0.1, -0.05) is 18.2 Å². The SMILES string of the molecule is O=C(N[C@H](c1ccc(F)cc1)c1cccs1)c1ccc(F)cc1. The Labute approximate surface area is 136 Å². The van der Waals surface area contributed by atoms with E-state index in [1.54, 1.807) is 12.1 Å². The molecule has 1 N–H and O–H groups in total. The Morgan fingerprint density at radius 2 is 1.52 bits per heavy atom. The third kappa shape index (κ3) is 3.63. The fraction of sp³-hybridized carbons (Fsp3) is 0.0556. The van der Waals surface area contributed by atoms with Crippen LogP contribution in [-0.4, -0.2) is 5.91 Å². The molecule has 2 nitrogen and oxygen atoms in total. The predicted molar refractivity (Wildman–Crippen MR) is 86.4 cm³/mol. The summed E-state index contributed by atoms with van der Waals surface area (Å²) in [5.74, 6) is -1.04. The molecule has 3 aromatic rings. The van der Waals surface area contributed by atoms with E-state index in [-0.39, 0.29) is 17.8 Å². The van der Waals surface area contributed by atoms with Gasteiger partial charge in [-0.2, -0.15) is 0 Å². The first-order valence-electron chi connectivity index (χ1n) is 6.99. The average Bonchev–Trinajstić information content (AvgIpc) is 3.08. The van der Waals surface area contributed by atoms with Gasteiger partial charge in [-0.15, -0.1) is 11.3 Å². The normalized spacial score (nSPS) is 11.9. The Morgan fingerprint density at radius 1 is 0.913 bits per heavy atom.